The SMILES string of the molecule is CN(C)c1ccc2c(c1)C(CN)N(CCCCCO)C2. The van der Waals surface area contributed by atoms with Crippen LogP contribution in [-0.4, -0.2) is 43.8 Å². The zero-order valence-corrected chi connectivity index (χ0v) is 12.7. The largest absolute Gasteiger partial charge is 0.396 e. The van der Waals surface area contributed by atoms with Gasteiger partial charge in [-0.1, -0.05) is 6.07 Å². The van der Waals surface area contributed by atoms with Crippen molar-refractivity contribution in [3.63, 3.8) is 0 Å². The fourth-order valence-electron chi connectivity index (χ4n) is 2.95. The van der Waals surface area contributed by atoms with Crippen LogP contribution in [0, 0.1) is 0 Å². The van der Waals surface area contributed by atoms with Crippen LogP contribution in [0.25, 0.3) is 0 Å². The molecule has 0 bridgehead atoms. The number of benzene rings is 1. The molecule has 4 nitrogen and oxygen atoms in total. The zero-order valence-electron chi connectivity index (χ0n) is 12.7. The molecule has 0 saturated carbocycles. The molecular weight excluding hydrogens is 250 g/mol. The Kier molecular flexibility index (Phi) is 5.40. The Balaban J connectivity index is 2.05. The van der Waals surface area contributed by atoms with Gasteiger partial charge in [0, 0.05) is 45.5 Å². The third kappa shape index (κ3) is 3.32. The van der Waals surface area contributed by atoms with E-state index in [1.54, 1.807) is 0 Å². The molecule has 4 heteroatoms. The summed E-state index contributed by atoms with van der Waals surface area (Å²) in [6, 6.07) is 7.04. The van der Waals surface area contributed by atoms with Crippen molar-refractivity contribution in [1.29, 1.82) is 0 Å². The maximum atomic E-state index is 8.84. The number of unbranched alkanes of at least 4 members (excludes halogenated alkanes) is 2. The highest BCUT2D eigenvalue weighted by Gasteiger charge is 2.28. The monoisotopic (exact) mass is 277 g/mol. The molecule has 0 amide bonds. The second-order valence-electron chi connectivity index (χ2n) is 5.78. The molecule has 1 atom stereocenters. The van der Waals surface area contributed by atoms with E-state index in [2.05, 4.69) is 42.1 Å². The van der Waals surface area contributed by atoms with Crippen molar-refractivity contribution in [2.75, 3.05) is 38.7 Å². The molecule has 20 heavy (non-hydrogen) atoms. The van der Waals surface area contributed by atoms with Gasteiger partial charge in [-0.3, -0.25) is 4.90 Å². The summed E-state index contributed by atoms with van der Waals surface area (Å²) >= 11 is 0. The molecule has 112 valence electrons. The minimum absolute atomic E-state index is 0.298. The Hall–Kier alpha value is -1.10. The van der Waals surface area contributed by atoms with Crippen molar-refractivity contribution in [1.82, 2.24) is 4.90 Å². The van der Waals surface area contributed by atoms with Crippen LogP contribution in [0.5, 0.6) is 0 Å². The Morgan fingerprint density at radius 2 is 2.10 bits per heavy atom. The summed E-state index contributed by atoms with van der Waals surface area (Å²) in [4.78, 5) is 4.61. The predicted molar refractivity (Wildman–Crippen MR) is 83.9 cm³/mol. The fraction of sp³-hybridized carbons (Fsp3) is 0.625. The van der Waals surface area contributed by atoms with E-state index >= 15 is 0 Å². The first kappa shape index (κ1) is 15.3. The molecule has 0 saturated heterocycles. The van der Waals surface area contributed by atoms with Gasteiger partial charge in [-0.05, 0) is 49.1 Å². The lowest BCUT2D eigenvalue weighted by Crippen LogP contribution is -2.28. The molecule has 1 aliphatic heterocycles. The highest BCUT2D eigenvalue weighted by molar-refractivity contribution is 5.52. The Morgan fingerprint density at radius 1 is 1.30 bits per heavy atom. The molecule has 2 rings (SSSR count). The highest BCUT2D eigenvalue weighted by atomic mass is 16.2. The molecule has 1 heterocycles. The van der Waals surface area contributed by atoms with Gasteiger partial charge in [-0.2, -0.15) is 0 Å². The molecule has 1 aromatic rings. The molecule has 0 radical (unpaired) electrons. The first-order valence-corrected chi connectivity index (χ1v) is 7.52. The Bertz CT molecular complexity index is 434. The first-order chi connectivity index (χ1) is 9.67. The third-order valence-corrected chi connectivity index (χ3v) is 4.15. The number of nitrogens with two attached hydrogens (primary N) is 1. The maximum Gasteiger partial charge on any atom is 0.0477 e. The summed E-state index contributed by atoms with van der Waals surface area (Å²) in [7, 11) is 4.14. The van der Waals surface area contributed by atoms with Crippen molar-refractivity contribution >= 4 is 5.69 Å². The van der Waals surface area contributed by atoms with E-state index in [9.17, 15) is 0 Å². The average Bonchev–Trinajstić information content (AvgIpc) is 2.79. The van der Waals surface area contributed by atoms with Crippen molar-refractivity contribution < 1.29 is 5.11 Å². The Labute approximate surface area is 122 Å². The molecule has 1 unspecified atom stereocenters. The van der Waals surface area contributed by atoms with Crippen LogP contribution in [0.2, 0.25) is 0 Å². The average molecular weight is 277 g/mol. The van der Waals surface area contributed by atoms with E-state index in [1.165, 1.54) is 16.8 Å². The number of nitrogens with zero attached hydrogens (tertiary/aromatic N) is 2. The summed E-state index contributed by atoms with van der Waals surface area (Å²) in [5.41, 5.74) is 10.0. The lowest BCUT2D eigenvalue weighted by atomic mass is 10.0. The van der Waals surface area contributed by atoms with Crippen LogP contribution in [0.4, 0.5) is 5.69 Å². The summed E-state index contributed by atoms with van der Waals surface area (Å²) in [5, 5.41) is 8.84. The lowest BCUT2D eigenvalue weighted by molar-refractivity contribution is 0.210. The van der Waals surface area contributed by atoms with Crippen LogP contribution >= 0.6 is 0 Å². The summed E-state index contributed by atoms with van der Waals surface area (Å²) in [6.07, 6.45) is 3.12. The molecule has 1 aliphatic rings. The van der Waals surface area contributed by atoms with E-state index in [1.807, 2.05) is 0 Å². The minimum Gasteiger partial charge on any atom is -0.396 e. The smallest absolute Gasteiger partial charge is 0.0477 e. The van der Waals surface area contributed by atoms with Crippen LogP contribution in [-0.2, 0) is 6.54 Å². The van der Waals surface area contributed by atoms with E-state index in [-0.39, 0.29) is 0 Å². The maximum absolute atomic E-state index is 8.84. The second-order valence-corrected chi connectivity index (χ2v) is 5.78. The van der Waals surface area contributed by atoms with Crippen molar-refractivity contribution in [3.05, 3.63) is 29.3 Å². The van der Waals surface area contributed by atoms with Gasteiger partial charge < -0.3 is 15.7 Å². The second kappa shape index (κ2) is 7.07. The van der Waals surface area contributed by atoms with E-state index in [4.69, 9.17) is 10.8 Å². The molecular formula is C16H27N3O. The number of hydrogen-bond acceptors (Lipinski definition) is 4. The van der Waals surface area contributed by atoms with Gasteiger partial charge in [0.05, 0.1) is 0 Å². The van der Waals surface area contributed by atoms with E-state index < -0.39 is 0 Å². The van der Waals surface area contributed by atoms with Crippen LogP contribution in [0.1, 0.15) is 36.4 Å². The van der Waals surface area contributed by atoms with Gasteiger partial charge in [0.15, 0.2) is 0 Å². The van der Waals surface area contributed by atoms with Crippen molar-refractivity contribution in [2.24, 2.45) is 5.73 Å². The summed E-state index contributed by atoms with van der Waals surface area (Å²) in [6.45, 7) is 3.04. The number of aliphatic hydroxyl groups excluding tert-OH is 1. The van der Waals surface area contributed by atoms with Crippen molar-refractivity contribution in [2.45, 2.75) is 31.8 Å². The zero-order chi connectivity index (χ0) is 14.5. The molecule has 0 aromatic heterocycles. The van der Waals surface area contributed by atoms with Gasteiger partial charge in [-0.25, -0.2) is 0 Å². The molecule has 0 aliphatic carbocycles. The van der Waals surface area contributed by atoms with Crippen molar-refractivity contribution in [3.8, 4) is 0 Å². The van der Waals surface area contributed by atoms with Gasteiger partial charge in [0.25, 0.3) is 0 Å². The van der Waals surface area contributed by atoms with Gasteiger partial charge in [0.2, 0.25) is 0 Å². The van der Waals surface area contributed by atoms with Crippen LogP contribution in [0.15, 0.2) is 18.2 Å². The lowest BCUT2D eigenvalue weighted by Gasteiger charge is -2.24. The van der Waals surface area contributed by atoms with Gasteiger partial charge in [-0.15, -0.1) is 0 Å². The normalized spacial score (nSPS) is 18.3. The number of rotatable bonds is 7. The molecule has 0 spiro atoms. The number of aliphatic hydroxyl groups is 1. The van der Waals surface area contributed by atoms with Gasteiger partial charge in [0.1, 0.15) is 0 Å². The molecule has 0 fully saturated rings. The quantitative estimate of drug-likeness (QED) is 0.745. The first-order valence-electron chi connectivity index (χ1n) is 7.52. The van der Waals surface area contributed by atoms with Crippen LogP contribution < -0.4 is 10.6 Å². The third-order valence-electron chi connectivity index (χ3n) is 4.15. The molecule has 1 aromatic carbocycles. The topological polar surface area (TPSA) is 52.7 Å². The number of anilines is 1. The van der Waals surface area contributed by atoms with Crippen LogP contribution in [0.3, 0.4) is 0 Å². The highest BCUT2D eigenvalue weighted by Crippen LogP contribution is 2.35. The fourth-order valence-corrected chi connectivity index (χ4v) is 2.95. The van der Waals surface area contributed by atoms with E-state index in [0.717, 1.165) is 32.4 Å². The Morgan fingerprint density at radius 3 is 2.75 bits per heavy atom. The standard InChI is InChI=1S/C16H27N3O/c1-18(2)14-7-6-13-12-19(8-4-3-5-9-20)16(11-17)15(13)10-14/h6-7,10,16,20H,3-5,8-9,11-12,17H2,1-2H3. The molecule has 3 N–H and O–H groups in total. The minimum atomic E-state index is 0.298. The number of hydrogen-bond donors (Lipinski definition) is 2. The van der Waals surface area contributed by atoms with E-state index in [0.29, 0.717) is 19.2 Å². The summed E-state index contributed by atoms with van der Waals surface area (Å²) in [5.74, 6) is 0. The predicted octanol–water partition coefficient (Wildman–Crippen LogP) is 1.73. The van der Waals surface area contributed by atoms with Gasteiger partial charge >= 0.3 is 0 Å². The summed E-state index contributed by atoms with van der Waals surface area (Å²) < 4.78 is 0. The number of fused-ring (bicyclic) bond motifs is 1.